The monoisotopic (exact) mass is 256 g/mol. The van der Waals surface area contributed by atoms with Gasteiger partial charge in [0.25, 0.3) is 0 Å². The summed E-state index contributed by atoms with van der Waals surface area (Å²) in [5.74, 6) is -1.69. The molecular formula is C13H18F2N2O. The van der Waals surface area contributed by atoms with Crippen LogP contribution >= 0.6 is 0 Å². The molecule has 1 rings (SSSR count). The molecule has 2 unspecified atom stereocenters. The Morgan fingerprint density at radius 3 is 2.61 bits per heavy atom. The van der Waals surface area contributed by atoms with Gasteiger partial charge in [-0.2, -0.15) is 0 Å². The lowest BCUT2D eigenvalue weighted by Gasteiger charge is -2.24. The zero-order chi connectivity index (χ0) is 13.9. The predicted octanol–water partition coefficient (Wildman–Crippen LogP) is 2.27. The van der Waals surface area contributed by atoms with Crippen molar-refractivity contribution in [3.63, 3.8) is 0 Å². The zero-order valence-corrected chi connectivity index (χ0v) is 10.8. The molecule has 3 N–H and O–H groups in total. The number of carbonyl (C=O) groups excluding carboxylic acids is 1. The predicted molar refractivity (Wildman–Crippen MR) is 65.8 cm³/mol. The van der Waals surface area contributed by atoms with Gasteiger partial charge in [0.05, 0.1) is 11.6 Å². The van der Waals surface area contributed by atoms with Crippen LogP contribution in [0.25, 0.3) is 0 Å². The van der Waals surface area contributed by atoms with Crippen LogP contribution in [-0.2, 0) is 4.79 Å². The van der Waals surface area contributed by atoms with Crippen LogP contribution in [0.5, 0.6) is 0 Å². The van der Waals surface area contributed by atoms with E-state index in [4.69, 9.17) is 5.73 Å². The number of nitrogens with two attached hydrogens (primary N) is 1. The minimum Gasteiger partial charge on any atom is -0.348 e. The van der Waals surface area contributed by atoms with E-state index in [9.17, 15) is 13.6 Å². The molecule has 0 aliphatic heterocycles. The van der Waals surface area contributed by atoms with Crippen molar-refractivity contribution in [3.05, 3.63) is 35.4 Å². The molecule has 0 aliphatic carbocycles. The number of rotatable bonds is 4. The summed E-state index contributed by atoms with van der Waals surface area (Å²) in [5, 5.41) is 2.62. The molecule has 2 atom stereocenters. The van der Waals surface area contributed by atoms with E-state index in [1.165, 1.54) is 6.07 Å². The summed E-state index contributed by atoms with van der Waals surface area (Å²) in [6.45, 7) is 5.03. The second-order valence-corrected chi connectivity index (χ2v) is 4.63. The first-order valence-electron chi connectivity index (χ1n) is 5.82. The van der Waals surface area contributed by atoms with Gasteiger partial charge in [-0.1, -0.05) is 13.0 Å². The number of amides is 1. The van der Waals surface area contributed by atoms with Gasteiger partial charge < -0.3 is 11.1 Å². The fourth-order valence-corrected chi connectivity index (χ4v) is 1.45. The highest BCUT2D eigenvalue weighted by molar-refractivity contribution is 5.85. The Balaban J connectivity index is 2.83. The maximum Gasteiger partial charge on any atom is 0.240 e. The molecule has 1 aromatic carbocycles. The number of hydrogen-bond acceptors (Lipinski definition) is 2. The first-order valence-corrected chi connectivity index (χ1v) is 5.82. The molecule has 100 valence electrons. The fourth-order valence-electron chi connectivity index (χ4n) is 1.45. The highest BCUT2D eigenvalue weighted by Crippen LogP contribution is 2.18. The van der Waals surface area contributed by atoms with Crippen LogP contribution in [0.1, 0.15) is 38.8 Å². The molecule has 0 bridgehead atoms. The van der Waals surface area contributed by atoms with Crippen LogP contribution in [0.15, 0.2) is 18.2 Å². The average molecular weight is 256 g/mol. The van der Waals surface area contributed by atoms with Crippen molar-refractivity contribution in [1.82, 2.24) is 5.32 Å². The maximum absolute atomic E-state index is 13.5. The van der Waals surface area contributed by atoms with Crippen LogP contribution in [0.2, 0.25) is 0 Å². The largest absolute Gasteiger partial charge is 0.348 e. The number of benzene rings is 1. The Kier molecular flexibility index (Phi) is 4.40. The second-order valence-electron chi connectivity index (χ2n) is 4.63. The third-order valence-electron chi connectivity index (χ3n) is 3.03. The topological polar surface area (TPSA) is 55.1 Å². The van der Waals surface area contributed by atoms with Gasteiger partial charge in [-0.3, -0.25) is 4.79 Å². The lowest BCUT2D eigenvalue weighted by Crippen LogP contribution is -2.51. The van der Waals surface area contributed by atoms with Gasteiger partial charge in [0.15, 0.2) is 0 Å². The molecule has 0 fully saturated rings. The third kappa shape index (κ3) is 3.26. The number of hydrogen-bond donors (Lipinski definition) is 2. The summed E-state index contributed by atoms with van der Waals surface area (Å²) in [6, 6.07) is 2.70. The SMILES string of the molecule is CCC(C)(N)C(=O)NC(C)c1ccc(F)cc1F. The molecule has 3 nitrogen and oxygen atoms in total. The molecule has 0 radical (unpaired) electrons. The first kappa shape index (κ1) is 14.6. The molecule has 18 heavy (non-hydrogen) atoms. The summed E-state index contributed by atoms with van der Waals surface area (Å²) in [6.07, 6.45) is 0.470. The van der Waals surface area contributed by atoms with Gasteiger partial charge in [-0.15, -0.1) is 0 Å². The van der Waals surface area contributed by atoms with Gasteiger partial charge in [-0.25, -0.2) is 8.78 Å². The Labute approximate surface area is 105 Å². The minimum atomic E-state index is -0.995. The van der Waals surface area contributed by atoms with E-state index in [1.807, 2.05) is 0 Å². The molecule has 0 saturated heterocycles. The van der Waals surface area contributed by atoms with Gasteiger partial charge in [0.1, 0.15) is 11.6 Å². The fraction of sp³-hybridized carbons (Fsp3) is 0.462. The lowest BCUT2D eigenvalue weighted by molar-refractivity contribution is -0.126. The number of halogens is 2. The summed E-state index contributed by atoms with van der Waals surface area (Å²) in [4.78, 5) is 11.8. The van der Waals surface area contributed by atoms with Crippen molar-refractivity contribution >= 4 is 5.91 Å². The Morgan fingerprint density at radius 2 is 2.11 bits per heavy atom. The van der Waals surface area contributed by atoms with Crippen molar-refractivity contribution < 1.29 is 13.6 Å². The highest BCUT2D eigenvalue weighted by Gasteiger charge is 2.27. The van der Waals surface area contributed by atoms with E-state index in [0.29, 0.717) is 6.42 Å². The lowest BCUT2D eigenvalue weighted by atomic mass is 9.98. The molecule has 0 heterocycles. The van der Waals surface area contributed by atoms with Crippen LogP contribution in [0.4, 0.5) is 8.78 Å². The Bertz CT molecular complexity index is 447. The van der Waals surface area contributed by atoms with Crippen molar-refractivity contribution in [3.8, 4) is 0 Å². The van der Waals surface area contributed by atoms with Gasteiger partial charge in [-0.05, 0) is 26.3 Å². The summed E-state index contributed by atoms with van der Waals surface area (Å²) in [5.41, 5.74) is 5.02. The van der Waals surface area contributed by atoms with Gasteiger partial charge >= 0.3 is 0 Å². The summed E-state index contributed by atoms with van der Waals surface area (Å²) >= 11 is 0. The summed E-state index contributed by atoms with van der Waals surface area (Å²) in [7, 11) is 0. The van der Waals surface area contributed by atoms with E-state index in [0.717, 1.165) is 12.1 Å². The minimum absolute atomic E-state index is 0.233. The van der Waals surface area contributed by atoms with E-state index < -0.39 is 23.2 Å². The number of nitrogens with one attached hydrogen (secondary N) is 1. The van der Waals surface area contributed by atoms with Crippen molar-refractivity contribution in [2.45, 2.75) is 38.8 Å². The standard InChI is InChI=1S/C13H18F2N2O/c1-4-13(3,16)12(18)17-8(2)10-6-5-9(14)7-11(10)15/h5-8H,4,16H2,1-3H3,(H,17,18). The van der Waals surface area contributed by atoms with E-state index >= 15 is 0 Å². The van der Waals surface area contributed by atoms with Crippen LogP contribution in [0.3, 0.4) is 0 Å². The van der Waals surface area contributed by atoms with Gasteiger partial charge in [0.2, 0.25) is 5.91 Å². The third-order valence-corrected chi connectivity index (χ3v) is 3.03. The van der Waals surface area contributed by atoms with Gasteiger partial charge in [0, 0.05) is 11.6 Å². The Hall–Kier alpha value is -1.49. The van der Waals surface area contributed by atoms with Crippen LogP contribution in [0, 0.1) is 11.6 Å². The molecule has 0 aromatic heterocycles. The molecule has 0 saturated carbocycles. The molecule has 0 spiro atoms. The zero-order valence-electron chi connectivity index (χ0n) is 10.8. The second kappa shape index (κ2) is 5.44. The van der Waals surface area contributed by atoms with Crippen molar-refractivity contribution in [2.24, 2.45) is 5.73 Å². The van der Waals surface area contributed by atoms with Crippen LogP contribution < -0.4 is 11.1 Å². The Morgan fingerprint density at radius 1 is 1.50 bits per heavy atom. The molecule has 0 aliphatic rings. The molecule has 5 heteroatoms. The number of carbonyl (C=O) groups is 1. The van der Waals surface area contributed by atoms with Crippen molar-refractivity contribution in [2.75, 3.05) is 0 Å². The summed E-state index contributed by atoms with van der Waals surface area (Å²) < 4.78 is 26.3. The quantitative estimate of drug-likeness (QED) is 0.868. The normalized spacial score (nSPS) is 15.9. The van der Waals surface area contributed by atoms with E-state index in [2.05, 4.69) is 5.32 Å². The maximum atomic E-state index is 13.5. The average Bonchev–Trinajstić information content (AvgIpc) is 2.28. The smallest absolute Gasteiger partial charge is 0.240 e. The van der Waals surface area contributed by atoms with Crippen molar-refractivity contribution in [1.29, 1.82) is 0 Å². The van der Waals surface area contributed by atoms with E-state index in [1.54, 1.807) is 20.8 Å². The molecule has 1 aromatic rings. The first-order chi connectivity index (χ1) is 8.27. The molecule has 1 amide bonds. The van der Waals surface area contributed by atoms with Crippen LogP contribution in [-0.4, -0.2) is 11.4 Å². The molecular weight excluding hydrogens is 238 g/mol. The van der Waals surface area contributed by atoms with E-state index in [-0.39, 0.29) is 11.5 Å². The highest BCUT2D eigenvalue weighted by atomic mass is 19.1.